The third-order valence-corrected chi connectivity index (χ3v) is 4.54. The predicted molar refractivity (Wildman–Crippen MR) is 73.6 cm³/mol. The second-order valence-corrected chi connectivity index (χ2v) is 5.70. The van der Waals surface area contributed by atoms with E-state index in [-0.39, 0.29) is 6.10 Å². The van der Waals surface area contributed by atoms with E-state index in [1.165, 1.54) is 49.9 Å². The van der Waals surface area contributed by atoms with Crippen molar-refractivity contribution in [2.75, 3.05) is 13.1 Å². The van der Waals surface area contributed by atoms with Crippen molar-refractivity contribution in [3.63, 3.8) is 0 Å². The number of rotatable bonds is 1. The number of hydrogen-bond acceptors (Lipinski definition) is 2. The van der Waals surface area contributed by atoms with E-state index in [0.717, 1.165) is 12.8 Å². The molecule has 0 saturated carbocycles. The van der Waals surface area contributed by atoms with E-state index in [9.17, 15) is 5.11 Å². The Morgan fingerprint density at radius 1 is 1.00 bits per heavy atom. The van der Waals surface area contributed by atoms with Crippen molar-refractivity contribution in [2.45, 2.75) is 50.7 Å². The van der Waals surface area contributed by atoms with Gasteiger partial charge in [0.25, 0.3) is 0 Å². The van der Waals surface area contributed by atoms with Crippen molar-refractivity contribution in [1.82, 2.24) is 4.90 Å². The van der Waals surface area contributed by atoms with Crippen LogP contribution in [0.2, 0.25) is 0 Å². The smallest absolute Gasteiger partial charge is 0.0947 e. The monoisotopic (exact) mass is 245 g/mol. The fourth-order valence-electron chi connectivity index (χ4n) is 3.55. The topological polar surface area (TPSA) is 23.5 Å². The van der Waals surface area contributed by atoms with E-state index in [4.69, 9.17) is 0 Å². The zero-order valence-electron chi connectivity index (χ0n) is 11.0. The zero-order chi connectivity index (χ0) is 12.4. The molecule has 1 fully saturated rings. The summed E-state index contributed by atoms with van der Waals surface area (Å²) in [4.78, 5) is 2.52. The molecule has 18 heavy (non-hydrogen) atoms. The van der Waals surface area contributed by atoms with Gasteiger partial charge in [-0.25, -0.2) is 0 Å². The Morgan fingerprint density at radius 3 is 2.61 bits per heavy atom. The number of likely N-dealkylation sites (tertiary alicyclic amines) is 1. The van der Waals surface area contributed by atoms with Gasteiger partial charge in [-0.2, -0.15) is 0 Å². The van der Waals surface area contributed by atoms with Crippen LogP contribution in [0.1, 0.15) is 49.3 Å². The van der Waals surface area contributed by atoms with Crippen molar-refractivity contribution >= 4 is 0 Å². The molecular formula is C16H23NO. The summed E-state index contributed by atoms with van der Waals surface area (Å²) in [5, 5.41) is 10.7. The summed E-state index contributed by atoms with van der Waals surface area (Å²) in [5.74, 6) is 0. The van der Waals surface area contributed by atoms with Crippen molar-refractivity contribution in [1.29, 1.82) is 0 Å². The molecule has 3 rings (SSSR count). The number of aliphatic hydroxyl groups is 1. The number of nitrogens with zero attached hydrogens (tertiary/aromatic N) is 1. The molecule has 1 N–H and O–H groups in total. The van der Waals surface area contributed by atoms with E-state index in [0.29, 0.717) is 6.04 Å². The average molecular weight is 245 g/mol. The number of piperidine rings is 1. The quantitative estimate of drug-likeness (QED) is 0.769. The molecule has 1 aliphatic carbocycles. The predicted octanol–water partition coefficient (Wildman–Crippen LogP) is 2.91. The number of aryl methyl sites for hydroxylation is 1. The molecule has 0 bridgehead atoms. The summed E-state index contributed by atoms with van der Waals surface area (Å²) in [6.07, 6.45) is 7.12. The Labute approximate surface area is 110 Å². The van der Waals surface area contributed by atoms with Gasteiger partial charge in [0.1, 0.15) is 0 Å². The van der Waals surface area contributed by atoms with Crippen molar-refractivity contribution in [3.8, 4) is 0 Å². The maximum absolute atomic E-state index is 10.7. The lowest BCUT2D eigenvalue weighted by atomic mass is 9.96. The summed E-state index contributed by atoms with van der Waals surface area (Å²) in [6.45, 7) is 2.34. The molecule has 0 unspecified atom stereocenters. The average Bonchev–Trinajstić information content (AvgIpc) is 2.60. The summed E-state index contributed by atoms with van der Waals surface area (Å²) < 4.78 is 0. The second kappa shape index (κ2) is 5.41. The van der Waals surface area contributed by atoms with E-state index in [2.05, 4.69) is 29.2 Å². The molecule has 2 atom stereocenters. The first-order chi connectivity index (χ1) is 8.86. The maximum Gasteiger partial charge on any atom is 0.0947 e. The van der Waals surface area contributed by atoms with Crippen molar-refractivity contribution in [2.24, 2.45) is 0 Å². The fourth-order valence-corrected chi connectivity index (χ4v) is 3.55. The molecule has 1 saturated heterocycles. The van der Waals surface area contributed by atoms with Crippen LogP contribution < -0.4 is 0 Å². The molecule has 1 heterocycles. The highest BCUT2D eigenvalue weighted by molar-refractivity contribution is 5.31. The molecule has 2 aliphatic rings. The molecule has 1 aliphatic heterocycles. The first-order valence-corrected chi connectivity index (χ1v) is 7.36. The lowest BCUT2D eigenvalue weighted by Crippen LogP contribution is -2.42. The Morgan fingerprint density at radius 2 is 1.78 bits per heavy atom. The SMILES string of the molecule is O[C@@H]1c2ccccc2CCC[C@@H]1N1CCCCC1. The van der Waals surface area contributed by atoms with Gasteiger partial charge >= 0.3 is 0 Å². The lowest BCUT2D eigenvalue weighted by Gasteiger charge is -2.36. The van der Waals surface area contributed by atoms with Crippen LogP contribution in [0.25, 0.3) is 0 Å². The largest absolute Gasteiger partial charge is 0.387 e. The second-order valence-electron chi connectivity index (χ2n) is 5.70. The number of fused-ring (bicyclic) bond motifs is 1. The maximum atomic E-state index is 10.7. The van der Waals surface area contributed by atoms with Crippen LogP contribution in [-0.4, -0.2) is 29.1 Å². The summed E-state index contributed by atoms with van der Waals surface area (Å²) in [7, 11) is 0. The normalized spacial score (nSPS) is 29.6. The molecule has 1 aromatic rings. The van der Waals surface area contributed by atoms with Gasteiger partial charge in [-0.1, -0.05) is 30.7 Å². The van der Waals surface area contributed by atoms with Gasteiger partial charge in [-0.05, 0) is 56.3 Å². The Balaban J connectivity index is 1.84. The summed E-state index contributed by atoms with van der Waals surface area (Å²) in [5.41, 5.74) is 2.52. The highest BCUT2D eigenvalue weighted by atomic mass is 16.3. The molecule has 2 heteroatoms. The molecule has 98 valence electrons. The van der Waals surface area contributed by atoms with E-state index >= 15 is 0 Å². The van der Waals surface area contributed by atoms with E-state index < -0.39 is 0 Å². The number of benzene rings is 1. The van der Waals surface area contributed by atoms with E-state index in [1.54, 1.807) is 0 Å². The summed E-state index contributed by atoms with van der Waals surface area (Å²) in [6, 6.07) is 8.78. The van der Waals surface area contributed by atoms with Gasteiger partial charge in [-0.15, -0.1) is 0 Å². The third-order valence-electron chi connectivity index (χ3n) is 4.54. The molecule has 1 aromatic carbocycles. The Bertz CT molecular complexity index is 398. The van der Waals surface area contributed by atoms with Gasteiger partial charge in [0.15, 0.2) is 0 Å². The fraction of sp³-hybridized carbons (Fsp3) is 0.625. The molecule has 0 aromatic heterocycles. The lowest BCUT2D eigenvalue weighted by molar-refractivity contribution is 0.0342. The van der Waals surface area contributed by atoms with E-state index in [1.807, 2.05) is 0 Å². The Kier molecular flexibility index (Phi) is 3.67. The van der Waals surface area contributed by atoms with Gasteiger partial charge in [0.2, 0.25) is 0 Å². The Hall–Kier alpha value is -0.860. The van der Waals surface area contributed by atoms with Crippen LogP contribution in [0, 0.1) is 0 Å². The van der Waals surface area contributed by atoms with Gasteiger partial charge in [0, 0.05) is 6.04 Å². The number of hydrogen-bond donors (Lipinski definition) is 1. The minimum Gasteiger partial charge on any atom is -0.387 e. The third kappa shape index (κ3) is 2.32. The summed E-state index contributed by atoms with van der Waals surface area (Å²) >= 11 is 0. The van der Waals surface area contributed by atoms with Gasteiger partial charge in [0.05, 0.1) is 6.10 Å². The highest BCUT2D eigenvalue weighted by Gasteiger charge is 2.30. The highest BCUT2D eigenvalue weighted by Crippen LogP contribution is 2.32. The number of aliphatic hydroxyl groups excluding tert-OH is 1. The molecular weight excluding hydrogens is 222 g/mol. The van der Waals surface area contributed by atoms with Crippen LogP contribution in [0.5, 0.6) is 0 Å². The zero-order valence-corrected chi connectivity index (χ0v) is 11.0. The minimum absolute atomic E-state index is 0.290. The van der Waals surface area contributed by atoms with Crippen LogP contribution in [0.4, 0.5) is 0 Å². The molecule has 0 amide bonds. The van der Waals surface area contributed by atoms with Gasteiger partial charge in [-0.3, -0.25) is 4.90 Å². The first kappa shape index (κ1) is 12.2. The molecule has 0 radical (unpaired) electrons. The van der Waals surface area contributed by atoms with Gasteiger partial charge < -0.3 is 5.11 Å². The minimum atomic E-state index is -0.290. The van der Waals surface area contributed by atoms with Crippen molar-refractivity contribution in [3.05, 3.63) is 35.4 Å². The van der Waals surface area contributed by atoms with Crippen LogP contribution in [-0.2, 0) is 6.42 Å². The molecule has 2 nitrogen and oxygen atoms in total. The molecule has 0 spiro atoms. The van der Waals surface area contributed by atoms with Crippen LogP contribution in [0.3, 0.4) is 0 Å². The van der Waals surface area contributed by atoms with Crippen LogP contribution >= 0.6 is 0 Å². The van der Waals surface area contributed by atoms with Crippen LogP contribution in [0.15, 0.2) is 24.3 Å². The first-order valence-electron chi connectivity index (χ1n) is 7.36. The van der Waals surface area contributed by atoms with Crippen molar-refractivity contribution < 1.29 is 5.11 Å². The standard InChI is InChI=1S/C16H23NO/c18-16-14-9-3-2-7-13(14)8-6-10-15(16)17-11-4-1-5-12-17/h2-3,7,9,15-16,18H,1,4-6,8,10-12H2/t15-,16+/m0/s1.